The van der Waals surface area contributed by atoms with Crippen LogP contribution in [0.1, 0.15) is 45.7 Å². The second-order valence-corrected chi connectivity index (χ2v) is 8.33. The Labute approximate surface area is 203 Å². The Morgan fingerprint density at radius 1 is 1.09 bits per heavy atom. The molecular weight excluding hydrogens is 458 g/mol. The highest BCUT2D eigenvalue weighted by Gasteiger charge is 2.29. The number of carbonyl (C=O) groups excluding carboxylic acids is 3. The number of amides is 3. The van der Waals surface area contributed by atoms with Crippen molar-refractivity contribution >= 4 is 29.7 Å². The summed E-state index contributed by atoms with van der Waals surface area (Å²) in [5.41, 5.74) is 17.0. The molecule has 5 unspecified atom stereocenters. The van der Waals surface area contributed by atoms with Crippen LogP contribution in [0.15, 0.2) is 17.5 Å². The number of aliphatic imine (C=N–C) groups is 1. The van der Waals surface area contributed by atoms with Gasteiger partial charge in [-0.15, -0.1) is 0 Å². The Balaban J connectivity index is 2.80. The first-order valence-corrected chi connectivity index (χ1v) is 11.4. The lowest BCUT2D eigenvalue weighted by Crippen LogP contribution is -2.57. The van der Waals surface area contributed by atoms with Crippen LogP contribution >= 0.6 is 0 Å². The van der Waals surface area contributed by atoms with Crippen LogP contribution in [0.5, 0.6) is 0 Å². The predicted molar refractivity (Wildman–Crippen MR) is 129 cm³/mol. The van der Waals surface area contributed by atoms with Gasteiger partial charge in [-0.2, -0.15) is 0 Å². The normalized spacial score (nSPS) is 15.1. The summed E-state index contributed by atoms with van der Waals surface area (Å²) in [6.45, 7) is 5.35. The minimum Gasteiger partial charge on any atom is -0.480 e. The molecule has 0 saturated carbocycles. The van der Waals surface area contributed by atoms with Crippen molar-refractivity contribution in [3.8, 4) is 0 Å². The fourth-order valence-corrected chi connectivity index (χ4v) is 3.04. The van der Waals surface area contributed by atoms with Crippen molar-refractivity contribution in [2.45, 2.75) is 70.6 Å². The Morgan fingerprint density at radius 2 is 1.74 bits per heavy atom. The standard InChI is InChI=1S/C21H37N9O5/c1-4-11(2)16(22)19(33)30-15(8-13-9-25-10-27-13)18(32)28-12(3)17(31)29-14(20(34)35)6-5-7-26-21(23)24/h9-12,14-16H,4-8,22H2,1-3H3,(H,25,27)(H,28,32)(H,29,31)(H,30,33)(H,34,35)(H4,23,24,26). The van der Waals surface area contributed by atoms with Gasteiger partial charge >= 0.3 is 5.97 Å². The first-order chi connectivity index (χ1) is 16.5. The molecule has 3 amide bonds. The Kier molecular flexibility index (Phi) is 12.2. The number of H-pyrrole nitrogens is 1. The number of nitrogens with two attached hydrogens (primary N) is 3. The van der Waals surface area contributed by atoms with Crippen LogP contribution in [0, 0.1) is 5.92 Å². The third kappa shape index (κ3) is 10.4. The van der Waals surface area contributed by atoms with Gasteiger partial charge in [-0.3, -0.25) is 19.4 Å². The molecule has 0 aromatic carbocycles. The molecular formula is C21H37N9O5. The van der Waals surface area contributed by atoms with Gasteiger partial charge in [0.25, 0.3) is 0 Å². The van der Waals surface area contributed by atoms with E-state index in [1.54, 1.807) is 0 Å². The fraction of sp³-hybridized carbons (Fsp3) is 0.619. The van der Waals surface area contributed by atoms with E-state index in [0.29, 0.717) is 18.5 Å². The number of rotatable bonds is 15. The molecule has 0 aliphatic carbocycles. The number of hydrogen-bond donors (Lipinski definition) is 8. The van der Waals surface area contributed by atoms with Crippen molar-refractivity contribution in [3.05, 3.63) is 18.2 Å². The summed E-state index contributed by atoms with van der Waals surface area (Å²) in [4.78, 5) is 60.1. The van der Waals surface area contributed by atoms with E-state index in [2.05, 4.69) is 30.9 Å². The average Bonchev–Trinajstić information content (AvgIpc) is 3.31. The van der Waals surface area contributed by atoms with E-state index in [4.69, 9.17) is 17.2 Å². The molecule has 11 N–H and O–H groups in total. The highest BCUT2D eigenvalue weighted by atomic mass is 16.4. The smallest absolute Gasteiger partial charge is 0.326 e. The molecule has 0 bridgehead atoms. The number of carboxylic acids is 1. The van der Waals surface area contributed by atoms with Gasteiger partial charge < -0.3 is 43.2 Å². The van der Waals surface area contributed by atoms with Gasteiger partial charge in [-0.25, -0.2) is 9.78 Å². The van der Waals surface area contributed by atoms with Crippen LogP contribution in [0.4, 0.5) is 0 Å². The molecule has 1 heterocycles. The Hall–Kier alpha value is -3.68. The number of nitrogens with zero attached hydrogens (tertiary/aromatic N) is 2. The number of guanidine groups is 1. The predicted octanol–water partition coefficient (Wildman–Crippen LogP) is -2.06. The van der Waals surface area contributed by atoms with E-state index in [9.17, 15) is 24.3 Å². The van der Waals surface area contributed by atoms with E-state index in [-0.39, 0.29) is 31.3 Å². The van der Waals surface area contributed by atoms with E-state index in [1.165, 1.54) is 19.4 Å². The van der Waals surface area contributed by atoms with Crippen molar-refractivity contribution in [2.24, 2.45) is 28.1 Å². The second kappa shape index (κ2) is 14.6. The SMILES string of the molecule is CCC(C)C(N)C(=O)NC(Cc1cnc[nH]1)C(=O)NC(C)C(=O)NC(CCCN=C(N)N)C(=O)O. The zero-order chi connectivity index (χ0) is 26.5. The summed E-state index contributed by atoms with van der Waals surface area (Å²) >= 11 is 0. The molecule has 1 rings (SSSR count). The zero-order valence-electron chi connectivity index (χ0n) is 20.3. The lowest BCUT2D eigenvalue weighted by molar-refractivity contribution is -0.142. The van der Waals surface area contributed by atoms with Crippen LogP contribution in [0.25, 0.3) is 0 Å². The quantitative estimate of drug-likeness (QED) is 0.0756. The van der Waals surface area contributed by atoms with E-state index < -0.39 is 47.9 Å². The number of hydrogen-bond acceptors (Lipinski definition) is 7. The average molecular weight is 496 g/mol. The molecule has 14 nitrogen and oxygen atoms in total. The third-order valence-electron chi connectivity index (χ3n) is 5.48. The van der Waals surface area contributed by atoms with Gasteiger partial charge in [0.1, 0.15) is 18.1 Å². The second-order valence-electron chi connectivity index (χ2n) is 8.33. The number of carboxylic acid groups (broad SMARTS) is 1. The lowest BCUT2D eigenvalue weighted by atomic mass is 9.98. The van der Waals surface area contributed by atoms with Crippen molar-refractivity contribution in [3.63, 3.8) is 0 Å². The van der Waals surface area contributed by atoms with Crippen LogP contribution < -0.4 is 33.2 Å². The van der Waals surface area contributed by atoms with Crippen LogP contribution in [-0.4, -0.2) is 75.4 Å². The van der Waals surface area contributed by atoms with Gasteiger partial charge in [0, 0.05) is 24.9 Å². The van der Waals surface area contributed by atoms with Crippen LogP contribution in [0.3, 0.4) is 0 Å². The molecule has 1 aromatic heterocycles. The highest BCUT2D eigenvalue weighted by molar-refractivity contribution is 5.94. The van der Waals surface area contributed by atoms with Crippen LogP contribution in [-0.2, 0) is 25.6 Å². The Bertz CT molecular complexity index is 871. The number of imidazole rings is 1. The lowest BCUT2D eigenvalue weighted by Gasteiger charge is -2.24. The van der Waals surface area contributed by atoms with E-state index in [1.807, 2.05) is 13.8 Å². The summed E-state index contributed by atoms with van der Waals surface area (Å²) in [6, 6.07) is -4.12. The van der Waals surface area contributed by atoms with E-state index in [0.717, 1.165) is 0 Å². The van der Waals surface area contributed by atoms with Gasteiger partial charge in [0.05, 0.1) is 12.4 Å². The van der Waals surface area contributed by atoms with Crippen molar-refractivity contribution in [2.75, 3.05) is 6.54 Å². The fourth-order valence-electron chi connectivity index (χ4n) is 3.04. The summed E-state index contributed by atoms with van der Waals surface area (Å²) in [5, 5.41) is 16.9. The van der Waals surface area contributed by atoms with Crippen molar-refractivity contribution < 1.29 is 24.3 Å². The molecule has 0 aliphatic heterocycles. The molecule has 1 aromatic rings. The first kappa shape index (κ1) is 29.4. The Morgan fingerprint density at radius 3 is 2.29 bits per heavy atom. The van der Waals surface area contributed by atoms with E-state index >= 15 is 0 Å². The van der Waals surface area contributed by atoms with Crippen LogP contribution in [0.2, 0.25) is 0 Å². The number of carbonyl (C=O) groups is 4. The summed E-state index contributed by atoms with van der Waals surface area (Å²) in [5.74, 6) is -3.27. The number of aliphatic carboxylic acids is 1. The summed E-state index contributed by atoms with van der Waals surface area (Å²) in [6.07, 6.45) is 4.12. The third-order valence-corrected chi connectivity index (χ3v) is 5.48. The molecule has 0 fully saturated rings. The number of aromatic nitrogens is 2. The van der Waals surface area contributed by atoms with Crippen molar-refractivity contribution in [1.29, 1.82) is 0 Å². The maximum absolute atomic E-state index is 12.9. The topological polar surface area (TPSA) is 244 Å². The molecule has 0 radical (unpaired) electrons. The molecule has 5 atom stereocenters. The maximum Gasteiger partial charge on any atom is 0.326 e. The molecule has 0 spiro atoms. The monoisotopic (exact) mass is 495 g/mol. The minimum atomic E-state index is -1.23. The number of nitrogens with one attached hydrogen (secondary N) is 4. The maximum atomic E-state index is 12.9. The highest BCUT2D eigenvalue weighted by Crippen LogP contribution is 2.07. The molecule has 0 saturated heterocycles. The summed E-state index contributed by atoms with van der Waals surface area (Å²) < 4.78 is 0. The van der Waals surface area contributed by atoms with Gasteiger partial charge in [0.2, 0.25) is 17.7 Å². The van der Waals surface area contributed by atoms with Gasteiger partial charge in [-0.1, -0.05) is 20.3 Å². The largest absolute Gasteiger partial charge is 0.480 e. The summed E-state index contributed by atoms with van der Waals surface area (Å²) in [7, 11) is 0. The van der Waals surface area contributed by atoms with Gasteiger partial charge in [0.15, 0.2) is 5.96 Å². The molecule has 0 aliphatic rings. The number of aromatic amines is 1. The molecule has 14 heteroatoms. The van der Waals surface area contributed by atoms with Gasteiger partial charge in [-0.05, 0) is 25.7 Å². The molecule has 35 heavy (non-hydrogen) atoms. The minimum absolute atomic E-state index is 0.0850. The zero-order valence-corrected chi connectivity index (χ0v) is 20.3. The first-order valence-electron chi connectivity index (χ1n) is 11.4. The molecule has 196 valence electrons. The van der Waals surface area contributed by atoms with Crippen molar-refractivity contribution in [1.82, 2.24) is 25.9 Å².